The van der Waals surface area contributed by atoms with Crippen LogP contribution in [0, 0.1) is 23.4 Å². The van der Waals surface area contributed by atoms with Crippen molar-refractivity contribution in [2.24, 2.45) is 5.92 Å². The first-order chi connectivity index (χ1) is 17.5. The molecule has 1 saturated heterocycles. The summed E-state index contributed by atoms with van der Waals surface area (Å²) < 4.78 is 56.0. The molecule has 1 heterocycles. The molecule has 36 heavy (non-hydrogen) atoms. The van der Waals surface area contributed by atoms with E-state index >= 15 is 4.39 Å². The molecule has 0 aliphatic carbocycles. The molecule has 4 rings (SSSR count). The van der Waals surface area contributed by atoms with E-state index in [9.17, 15) is 8.78 Å². The van der Waals surface area contributed by atoms with E-state index in [0.29, 0.717) is 59.8 Å². The standard InChI is InChI=1S/C31H33F3O2/c1-3-5-7-9-24-14-17-27(30(34)29(24)33)23-12-10-22(11-13-23)26-16-15-25(18-28(26)32)31-35-19-21(20-36-31)8-6-4-2/h3,5,10-18,21,31H,4,6-9,19-20H2,1-2H3. The van der Waals surface area contributed by atoms with Crippen molar-refractivity contribution < 1.29 is 22.6 Å². The molecule has 0 aromatic heterocycles. The van der Waals surface area contributed by atoms with Gasteiger partial charge in [0.1, 0.15) is 5.82 Å². The molecular weight excluding hydrogens is 461 g/mol. The zero-order valence-electron chi connectivity index (χ0n) is 20.9. The molecule has 0 amide bonds. The second-order valence-corrected chi connectivity index (χ2v) is 9.33. The Morgan fingerprint density at radius 3 is 2.17 bits per heavy atom. The van der Waals surface area contributed by atoms with Crippen LogP contribution in [-0.4, -0.2) is 13.2 Å². The van der Waals surface area contributed by atoms with Crippen LogP contribution in [0.3, 0.4) is 0 Å². The van der Waals surface area contributed by atoms with Gasteiger partial charge in [-0.25, -0.2) is 13.2 Å². The fraction of sp³-hybridized carbons (Fsp3) is 0.355. The van der Waals surface area contributed by atoms with E-state index in [1.54, 1.807) is 42.5 Å². The van der Waals surface area contributed by atoms with Crippen LogP contribution in [0.5, 0.6) is 0 Å². The van der Waals surface area contributed by atoms with Crippen LogP contribution in [0.4, 0.5) is 13.2 Å². The van der Waals surface area contributed by atoms with Gasteiger partial charge < -0.3 is 9.47 Å². The van der Waals surface area contributed by atoms with E-state index in [4.69, 9.17) is 9.47 Å². The number of ether oxygens (including phenoxy) is 2. The maximum Gasteiger partial charge on any atom is 0.183 e. The van der Waals surface area contributed by atoms with Gasteiger partial charge in [-0.2, -0.15) is 0 Å². The largest absolute Gasteiger partial charge is 0.348 e. The lowest BCUT2D eigenvalue weighted by molar-refractivity contribution is -0.206. The lowest BCUT2D eigenvalue weighted by Crippen LogP contribution is -2.27. The fourth-order valence-electron chi connectivity index (χ4n) is 4.55. The molecule has 0 N–H and O–H groups in total. The van der Waals surface area contributed by atoms with Crippen molar-refractivity contribution in [2.75, 3.05) is 13.2 Å². The highest BCUT2D eigenvalue weighted by Crippen LogP contribution is 2.33. The van der Waals surface area contributed by atoms with Crippen molar-refractivity contribution >= 4 is 0 Å². The molecule has 1 aliphatic heterocycles. The third-order valence-electron chi connectivity index (χ3n) is 6.68. The number of hydrogen-bond donors (Lipinski definition) is 0. The molecule has 0 radical (unpaired) electrons. The zero-order valence-corrected chi connectivity index (χ0v) is 20.9. The van der Waals surface area contributed by atoms with Crippen molar-refractivity contribution in [1.82, 2.24) is 0 Å². The van der Waals surface area contributed by atoms with E-state index in [0.717, 1.165) is 19.3 Å². The second-order valence-electron chi connectivity index (χ2n) is 9.33. The normalized spacial score (nSPS) is 18.1. The Labute approximate surface area is 211 Å². The van der Waals surface area contributed by atoms with Gasteiger partial charge in [0, 0.05) is 22.6 Å². The first-order valence-electron chi connectivity index (χ1n) is 12.7. The topological polar surface area (TPSA) is 18.5 Å². The summed E-state index contributed by atoms with van der Waals surface area (Å²) in [5.41, 5.74) is 2.80. The summed E-state index contributed by atoms with van der Waals surface area (Å²) in [5, 5.41) is 0. The van der Waals surface area contributed by atoms with Crippen LogP contribution in [0.15, 0.2) is 66.7 Å². The van der Waals surface area contributed by atoms with Gasteiger partial charge in [-0.15, -0.1) is 0 Å². The highest BCUT2D eigenvalue weighted by atomic mass is 19.2. The SMILES string of the molecule is CC=CCCc1ccc(-c2ccc(-c3ccc(C4OCC(CCCC)CO4)cc3F)cc2)c(F)c1F. The number of aryl methyl sites for hydroxylation is 1. The minimum atomic E-state index is -0.860. The van der Waals surface area contributed by atoms with E-state index in [-0.39, 0.29) is 11.4 Å². The van der Waals surface area contributed by atoms with Crippen molar-refractivity contribution in [3.63, 3.8) is 0 Å². The molecule has 1 fully saturated rings. The Morgan fingerprint density at radius 2 is 1.53 bits per heavy atom. The average molecular weight is 495 g/mol. The van der Waals surface area contributed by atoms with Crippen LogP contribution < -0.4 is 0 Å². The lowest BCUT2D eigenvalue weighted by atomic mass is 9.97. The van der Waals surface area contributed by atoms with Crippen LogP contribution in [0.1, 0.15) is 56.9 Å². The number of hydrogen-bond acceptors (Lipinski definition) is 2. The van der Waals surface area contributed by atoms with Crippen LogP contribution in [-0.2, 0) is 15.9 Å². The van der Waals surface area contributed by atoms with Gasteiger partial charge in [0.25, 0.3) is 0 Å². The first kappa shape index (κ1) is 26.2. The zero-order chi connectivity index (χ0) is 25.5. The van der Waals surface area contributed by atoms with Crippen LogP contribution in [0.25, 0.3) is 22.3 Å². The Balaban J connectivity index is 1.46. The van der Waals surface area contributed by atoms with Gasteiger partial charge in [-0.3, -0.25) is 0 Å². The minimum absolute atomic E-state index is 0.188. The summed E-state index contributed by atoms with van der Waals surface area (Å²) in [7, 11) is 0. The monoisotopic (exact) mass is 494 g/mol. The third-order valence-corrected chi connectivity index (χ3v) is 6.68. The van der Waals surface area contributed by atoms with E-state index in [2.05, 4.69) is 6.92 Å². The van der Waals surface area contributed by atoms with Crippen molar-refractivity contribution in [1.29, 1.82) is 0 Å². The summed E-state index contributed by atoms with van der Waals surface area (Å²) in [5.74, 6) is -1.67. The molecule has 5 heteroatoms. The Morgan fingerprint density at radius 1 is 0.861 bits per heavy atom. The number of benzene rings is 3. The van der Waals surface area contributed by atoms with Gasteiger partial charge >= 0.3 is 0 Å². The predicted octanol–water partition coefficient (Wildman–Crippen LogP) is 8.80. The van der Waals surface area contributed by atoms with Gasteiger partial charge in [-0.1, -0.05) is 80.4 Å². The maximum atomic E-state index is 15.0. The van der Waals surface area contributed by atoms with Gasteiger partial charge in [0.05, 0.1) is 13.2 Å². The quantitative estimate of drug-likeness (QED) is 0.277. The molecule has 2 nitrogen and oxygen atoms in total. The first-order valence-corrected chi connectivity index (χ1v) is 12.7. The number of halogens is 3. The lowest BCUT2D eigenvalue weighted by Gasteiger charge is -2.29. The molecule has 0 bridgehead atoms. The molecular formula is C31H33F3O2. The summed E-state index contributed by atoms with van der Waals surface area (Å²) in [6, 6.07) is 15.0. The highest BCUT2D eigenvalue weighted by Gasteiger charge is 2.24. The Bertz CT molecular complexity index is 1180. The highest BCUT2D eigenvalue weighted by molar-refractivity contribution is 5.71. The molecule has 0 atom stereocenters. The number of unbranched alkanes of at least 4 members (excludes halogenated alkanes) is 1. The summed E-state index contributed by atoms with van der Waals surface area (Å²) >= 11 is 0. The fourth-order valence-corrected chi connectivity index (χ4v) is 4.55. The van der Waals surface area contributed by atoms with Crippen molar-refractivity contribution in [3.05, 3.63) is 95.3 Å². The average Bonchev–Trinajstić information content (AvgIpc) is 2.90. The maximum absolute atomic E-state index is 15.0. The number of rotatable bonds is 9. The van der Waals surface area contributed by atoms with E-state index < -0.39 is 17.9 Å². The molecule has 3 aromatic rings. The van der Waals surface area contributed by atoms with Crippen LogP contribution in [0.2, 0.25) is 0 Å². The van der Waals surface area contributed by atoms with E-state index in [1.165, 1.54) is 6.07 Å². The smallest absolute Gasteiger partial charge is 0.183 e. The van der Waals surface area contributed by atoms with Gasteiger partial charge in [0.15, 0.2) is 17.9 Å². The van der Waals surface area contributed by atoms with Crippen molar-refractivity contribution in [3.8, 4) is 22.3 Å². The minimum Gasteiger partial charge on any atom is -0.348 e. The second kappa shape index (κ2) is 12.4. The summed E-state index contributed by atoms with van der Waals surface area (Å²) in [6.07, 6.45) is 7.71. The molecule has 190 valence electrons. The summed E-state index contributed by atoms with van der Waals surface area (Å²) in [6.45, 7) is 5.29. The number of allylic oxidation sites excluding steroid dienone is 2. The molecule has 0 unspecified atom stereocenters. The van der Waals surface area contributed by atoms with Crippen molar-refractivity contribution in [2.45, 2.75) is 52.2 Å². The van der Waals surface area contributed by atoms with Gasteiger partial charge in [-0.05, 0) is 48.9 Å². The van der Waals surface area contributed by atoms with Crippen LogP contribution >= 0.6 is 0 Å². The molecule has 0 spiro atoms. The molecule has 3 aromatic carbocycles. The summed E-state index contributed by atoms with van der Waals surface area (Å²) in [4.78, 5) is 0. The Kier molecular flexibility index (Phi) is 9.00. The predicted molar refractivity (Wildman–Crippen MR) is 138 cm³/mol. The molecule has 1 aliphatic rings. The van der Waals surface area contributed by atoms with E-state index in [1.807, 2.05) is 25.1 Å². The van der Waals surface area contributed by atoms with Gasteiger partial charge in [0.2, 0.25) is 0 Å². The third kappa shape index (κ3) is 6.08. The Hall–Kier alpha value is -2.89. The molecule has 0 saturated carbocycles.